The number of aryl methyl sites for hydroxylation is 1. The van der Waals surface area contributed by atoms with Crippen molar-refractivity contribution in [2.24, 2.45) is 5.73 Å². The molecule has 0 radical (unpaired) electrons. The van der Waals surface area contributed by atoms with E-state index in [4.69, 9.17) is 17.3 Å². The SMILES string of the molecule is CCCc1sc(Cl)c(CN)c1C. The van der Waals surface area contributed by atoms with Crippen molar-refractivity contribution in [3.63, 3.8) is 0 Å². The van der Waals surface area contributed by atoms with Gasteiger partial charge >= 0.3 is 0 Å². The first-order valence-electron chi connectivity index (χ1n) is 4.17. The van der Waals surface area contributed by atoms with E-state index in [0.29, 0.717) is 6.54 Å². The third-order valence-corrected chi connectivity index (χ3v) is 3.64. The van der Waals surface area contributed by atoms with Gasteiger partial charge in [-0.1, -0.05) is 24.9 Å². The van der Waals surface area contributed by atoms with E-state index < -0.39 is 0 Å². The molecule has 1 aromatic heterocycles. The van der Waals surface area contributed by atoms with Crippen LogP contribution in [0, 0.1) is 6.92 Å². The molecule has 3 heteroatoms. The van der Waals surface area contributed by atoms with E-state index in [1.54, 1.807) is 11.3 Å². The molecule has 0 unspecified atom stereocenters. The van der Waals surface area contributed by atoms with Gasteiger partial charge in [0.05, 0.1) is 4.34 Å². The van der Waals surface area contributed by atoms with Crippen molar-refractivity contribution in [1.29, 1.82) is 0 Å². The third-order valence-electron chi connectivity index (χ3n) is 2.00. The first-order valence-corrected chi connectivity index (χ1v) is 5.36. The average molecular weight is 204 g/mol. The maximum absolute atomic E-state index is 6.02. The second kappa shape index (κ2) is 4.26. The van der Waals surface area contributed by atoms with Crippen LogP contribution in [0.1, 0.15) is 29.3 Å². The minimum Gasteiger partial charge on any atom is -0.326 e. The van der Waals surface area contributed by atoms with Crippen molar-refractivity contribution in [3.05, 3.63) is 20.3 Å². The molecule has 0 bridgehead atoms. The van der Waals surface area contributed by atoms with Gasteiger partial charge < -0.3 is 5.73 Å². The molecular weight excluding hydrogens is 190 g/mol. The first-order chi connectivity index (χ1) is 5.70. The van der Waals surface area contributed by atoms with E-state index in [2.05, 4.69) is 13.8 Å². The quantitative estimate of drug-likeness (QED) is 0.803. The Morgan fingerprint density at radius 3 is 2.58 bits per heavy atom. The highest BCUT2D eigenvalue weighted by Crippen LogP contribution is 2.32. The lowest BCUT2D eigenvalue weighted by atomic mass is 10.1. The largest absolute Gasteiger partial charge is 0.326 e. The second-order valence-electron chi connectivity index (χ2n) is 2.86. The fourth-order valence-electron chi connectivity index (χ4n) is 1.26. The fraction of sp³-hybridized carbons (Fsp3) is 0.556. The van der Waals surface area contributed by atoms with Gasteiger partial charge in [0.25, 0.3) is 0 Å². The Labute approximate surface area is 82.5 Å². The number of nitrogens with two attached hydrogens (primary N) is 1. The van der Waals surface area contributed by atoms with Crippen molar-refractivity contribution >= 4 is 22.9 Å². The molecule has 0 atom stereocenters. The van der Waals surface area contributed by atoms with Gasteiger partial charge in [0.1, 0.15) is 0 Å². The van der Waals surface area contributed by atoms with Crippen LogP contribution < -0.4 is 5.73 Å². The van der Waals surface area contributed by atoms with Crippen LogP contribution >= 0.6 is 22.9 Å². The zero-order valence-corrected chi connectivity index (χ0v) is 9.06. The monoisotopic (exact) mass is 203 g/mol. The molecule has 1 nitrogen and oxygen atoms in total. The van der Waals surface area contributed by atoms with E-state index in [1.807, 2.05) is 0 Å². The average Bonchev–Trinajstić information content (AvgIpc) is 2.29. The predicted molar refractivity (Wildman–Crippen MR) is 56.0 cm³/mol. The molecular formula is C9H14ClNS. The van der Waals surface area contributed by atoms with Gasteiger partial charge in [-0.2, -0.15) is 0 Å². The summed E-state index contributed by atoms with van der Waals surface area (Å²) in [4.78, 5) is 1.39. The fourth-order valence-corrected chi connectivity index (χ4v) is 2.92. The van der Waals surface area contributed by atoms with Crippen molar-refractivity contribution in [1.82, 2.24) is 0 Å². The number of thiophene rings is 1. The van der Waals surface area contributed by atoms with Gasteiger partial charge in [-0.25, -0.2) is 0 Å². The third kappa shape index (κ3) is 1.82. The van der Waals surface area contributed by atoms with E-state index in [0.717, 1.165) is 16.3 Å². The standard InChI is InChI=1S/C9H14ClNS/c1-3-4-8-6(2)7(5-11)9(10)12-8/h3-5,11H2,1-2H3. The zero-order chi connectivity index (χ0) is 9.14. The predicted octanol–water partition coefficient (Wildman–Crippen LogP) is 3.12. The lowest BCUT2D eigenvalue weighted by Crippen LogP contribution is -1.97. The van der Waals surface area contributed by atoms with Gasteiger partial charge in [0, 0.05) is 11.4 Å². The van der Waals surface area contributed by atoms with Crippen LogP contribution in [0.15, 0.2) is 0 Å². The molecule has 0 aromatic carbocycles. The molecule has 68 valence electrons. The molecule has 0 aliphatic rings. The summed E-state index contributed by atoms with van der Waals surface area (Å²) < 4.78 is 0.874. The molecule has 0 amide bonds. The van der Waals surface area contributed by atoms with Crippen LogP contribution in [0.5, 0.6) is 0 Å². The number of hydrogen-bond donors (Lipinski definition) is 1. The maximum atomic E-state index is 6.02. The topological polar surface area (TPSA) is 26.0 Å². The van der Waals surface area contributed by atoms with E-state index in [9.17, 15) is 0 Å². The summed E-state index contributed by atoms with van der Waals surface area (Å²) in [5.74, 6) is 0. The highest BCUT2D eigenvalue weighted by Gasteiger charge is 2.10. The first kappa shape index (κ1) is 10.0. The van der Waals surface area contributed by atoms with E-state index >= 15 is 0 Å². The van der Waals surface area contributed by atoms with Crippen LogP contribution in [-0.4, -0.2) is 0 Å². The van der Waals surface area contributed by atoms with Crippen LogP contribution in [0.25, 0.3) is 0 Å². The molecule has 1 aromatic rings. The van der Waals surface area contributed by atoms with E-state index in [-0.39, 0.29) is 0 Å². The minimum atomic E-state index is 0.560. The summed E-state index contributed by atoms with van der Waals surface area (Å²) in [5, 5.41) is 0. The van der Waals surface area contributed by atoms with Crippen molar-refractivity contribution < 1.29 is 0 Å². The summed E-state index contributed by atoms with van der Waals surface area (Å²) in [5.41, 5.74) is 8.01. The van der Waals surface area contributed by atoms with Crippen LogP contribution in [-0.2, 0) is 13.0 Å². The summed E-state index contributed by atoms with van der Waals surface area (Å²) in [7, 11) is 0. The second-order valence-corrected chi connectivity index (χ2v) is 4.56. The zero-order valence-electron chi connectivity index (χ0n) is 7.48. The van der Waals surface area contributed by atoms with Gasteiger partial charge in [0.15, 0.2) is 0 Å². The molecule has 0 aliphatic heterocycles. The lowest BCUT2D eigenvalue weighted by Gasteiger charge is -1.97. The Balaban J connectivity index is 3.00. The highest BCUT2D eigenvalue weighted by atomic mass is 35.5. The Kier molecular flexibility index (Phi) is 3.56. The van der Waals surface area contributed by atoms with Gasteiger partial charge in [0.2, 0.25) is 0 Å². The highest BCUT2D eigenvalue weighted by molar-refractivity contribution is 7.16. The molecule has 1 heterocycles. The Morgan fingerprint density at radius 2 is 2.17 bits per heavy atom. The minimum absolute atomic E-state index is 0.560. The van der Waals surface area contributed by atoms with Gasteiger partial charge in [-0.05, 0) is 24.5 Å². The van der Waals surface area contributed by atoms with Crippen molar-refractivity contribution in [2.75, 3.05) is 0 Å². The Bertz CT molecular complexity index is 268. The maximum Gasteiger partial charge on any atom is 0.0978 e. The molecule has 1 rings (SSSR count). The molecule has 0 saturated carbocycles. The van der Waals surface area contributed by atoms with Crippen LogP contribution in [0.3, 0.4) is 0 Å². The van der Waals surface area contributed by atoms with E-state index in [1.165, 1.54) is 16.9 Å². The molecule has 0 saturated heterocycles. The number of rotatable bonds is 3. The van der Waals surface area contributed by atoms with Crippen LogP contribution in [0.4, 0.5) is 0 Å². The van der Waals surface area contributed by atoms with Crippen LogP contribution in [0.2, 0.25) is 4.34 Å². The number of hydrogen-bond acceptors (Lipinski definition) is 2. The lowest BCUT2D eigenvalue weighted by molar-refractivity contribution is 0.926. The molecule has 0 aliphatic carbocycles. The summed E-state index contributed by atoms with van der Waals surface area (Å²) >= 11 is 7.70. The van der Waals surface area contributed by atoms with Gasteiger partial charge in [-0.15, -0.1) is 11.3 Å². The molecule has 12 heavy (non-hydrogen) atoms. The summed E-state index contributed by atoms with van der Waals surface area (Å²) in [6.07, 6.45) is 2.29. The summed E-state index contributed by atoms with van der Waals surface area (Å²) in [6.45, 7) is 4.84. The molecule has 0 spiro atoms. The Morgan fingerprint density at radius 1 is 1.50 bits per heavy atom. The normalized spacial score (nSPS) is 10.7. The molecule has 0 fully saturated rings. The smallest absolute Gasteiger partial charge is 0.0978 e. The summed E-state index contributed by atoms with van der Waals surface area (Å²) in [6, 6.07) is 0. The molecule has 2 N–H and O–H groups in total. The van der Waals surface area contributed by atoms with Crippen molar-refractivity contribution in [2.45, 2.75) is 33.2 Å². The van der Waals surface area contributed by atoms with Crippen molar-refractivity contribution in [3.8, 4) is 0 Å². The number of halogens is 1. The van der Waals surface area contributed by atoms with Gasteiger partial charge in [-0.3, -0.25) is 0 Å². The Hall–Kier alpha value is -0.0500.